The van der Waals surface area contributed by atoms with Crippen LogP contribution in [0.1, 0.15) is 23.0 Å². The second-order valence-corrected chi connectivity index (χ2v) is 5.44. The molecule has 0 aliphatic heterocycles. The van der Waals surface area contributed by atoms with Crippen LogP contribution in [0.15, 0.2) is 54.6 Å². The standard InChI is InChI=1S/C16H14FN3S/c1-11-18-16(21-20-11)19-15(12-6-3-2-4-7-12)13-8-5-9-14(17)10-13/h2-10,15H,1H3,(H,18,19,20). The zero-order valence-electron chi connectivity index (χ0n) is 11.5. The third-order valence-corrected chi connectivity index (χ3v) is 3.85. The minimum absolute atomic E-state index is 0.158. The molecule has 1 aromatic heterocycles. The van der Waals surface area contributed by atoms with E-state index in [-0.39, 0.29) is 11.9 Å². The van der Waals surface area contributed by atoms with Crippen LogP contribution in [0.5, 0.6) is 0 Å². The average Bonchev–Trinajstić information content (AvgIpc) is 2.91. The first-order chi connectivity index (χ1) is 10.2. The molecule has 21 heavy (non-hydrogen) atoms. The number of benzene rings is 2. The molecule has 3 nitrogen and oxygen atoms in total. The van der Waals surface area contributed by atoms with Gasteiger partial charge in [-0.15, -0.1) is 0 Å². The Kier molecular flexibility index (Phi) is 3.92. The highest BCUT2D eigenvalue weighted by atomic mass is 32.1. The van der Waals surface area contributed by atoms with Crippen molar-refractivity contribution in [2.45, 2.75) is 13.0 Å². The maximum atomic E-state index is 13.5. The minimum Gasteiger partial charge on any atom is -0.349 e. The molecule has 0 aliphatic carbocycles. The van der Waals surface area contributed by atoms with Crippen molar-refractivity contribution in [1.29, 1.82) is 0 Å². The van der Waals surface area contributed by atoms with Crippen molar-refractivity contribution in [1.82, 2.24) is 9.36 Å². The minimum atomic E-state index is -0.247. The van der Waals surface area contributed by atoms with Crippen LogP contribution in [0, 0.1) is 12.7 Å². The number of anilines is 1. The Morgan fingerprint density at radius 1 is 1.05 bits per heavy atom. The number of nitrogens with one attached hydrogen (secondary N) is 1. The van der Waals surface area contributed by atoms with Gasteiger partial charge in [0.2, 0.25) is 5.13 Å². The molecule has 5 heteroatoms. The molecule has 0 amide bonds. The summed E-state index contributed by atoms with van der Waals surface area (Å²) in [6.07, 6.45) is 0. The second-order valence-electron chi connectivity index (χ2n) is 4.69. The molecule has 1 heterocycles. The molecule has 1 unspecified atom stereocenters. The van der Waals surface area contributed by atoms with Gasteiger partial charge in [-0.25, -0.2) is 9.37 Å². The number of aromatic nitrogens is 2. The lowest BCUT2D eigenvalue weighted by atomic mass is 9.99. The normalized spacial score (nSPS) is 12.1. The highest BCUT2D eigenvalue weighted by molar-refractivity contribution is 7.09. The fourth-order valence-electron chi connectivity index (χ4n) is 2.17. The van der Waals surface area contributed by atoms with Gasteiger partial charge in [0.25, 0.3) is 0 Å². The van der Waals surface area contributed by atoms with E-state index in [0.29, 0.717) is 0 Å². The van der Waals surface area contributed by atoms with Crippen LogP contribution >= 0.6 is 11.5 Å². The van der Waals surface area contributed by atoms with E-state index >= 15 is 0 Å². The smallest absolute Gasteiger partial charge is 0.203 e. The Balaban J connectivity index is 1.98. The van der Waals surface area contributed by atoms with Gasteiger partial charge in [-0.1, -0.05) is 42.5 Å². The Hall–Kier alpha value is -2.27. The third-order valence-electron chi connectivity index (χ3n) is 3.11. The van der Waals surface area contributed by atoms with Crippen LogP contribution in [0.4, 0.5) is 9.52 Å². The van der Waals surface area contributed by atoms with Crippen molar-refractivity contribution >= 4 is 16.7 Å². The van der Waals surface area contributed by atoms with Crippen LogP contribution in [-0.4, -0.2) is 9.36 Å². The van der Waals surface area contributed by atoms with Gasteiger partial charge in [-0.2, -0.15) is 4.37 Å². The molecule has 1 atom stereocenters. The first kappa shape index (κ1) is 13.7. The van der Waals surface area contributed by atoms with Crippen LogP contribution in [0.25, 0.3) is 0 Å². The molecular formula is C16H14FN3S. The summed E-state index contributed by atoms with van der Waals surface area (Å²) in [5.41, 5.74) is 1.91. The van der Waals surface area contributed by atoms with E-state index in [1.807, 2.05) is 43.3 Å². The molecule has 0 fully saturated rings. The van der Waals surface area contributed by atoms with Gasteiger partial charge in [0.1, 0.15) is 11.6 Å². The molecule has 3 aromatic rings. The molecule has 0 saturated heterocycles. The zero-order chi connectivity index (χ0) is 14.7. The summed E-state index contributed by atoms with van der Waals surface area (Å²) < 4.78 is 17.7. The summed E-state index contributed by atoms with van der Waals surface area (Å²) in [5.74, 6) is 0.484. The second kappa shape index (κ2) is 6.01. The largest absolute Gasteiger partial charge is 0.349 e. The fourth-order valence-corrected chi connectivity index (χ4v) is 2.77. The fraction of sp³-hybridized carbons (Fsp3) is 0.125. The van der Waals surface area contributed by atoms with Crippen molar-refractivity contribution in [3.05, 3.63) is 77.4 Å². The van der Waals surface area contributed by atoms with Crippen LogP contribution in [0.3, 0.4) is 0 Å². The van der Waals surface area contributed by atoms with Crippen molar-refractivity contribution in [3.8, 4) is 0 Å². The first-order valence-electron chi connectivity index (χ1n) is 6.59. The molecule has 106 valence electrons. The summed E-state index contributed by atoms with van der Waals surface area (Å²) in [6.45, 7) is 1.85. The van der Waals surface area contributed by atoms with Gasteiger partial charge in [-0.05, 0) is 30.2 Å². The van der Waals surface area contributed by atoms with E-state index in [1.165, 1.54) is 17.6 Å². The molecular weight excluding hydrogens is 285 g/mol. The number of rotatable bonds is 4. The van der Waals surface area contributed by atoms with Gasteiger partial charge in [0, 0.05) is 11.5 Å². The monoisotopic (exact) mass is 299 g/mol. The molecule has 0 bridgehead atoms. The van der Waals surface area contributed by atoms with Gasteiger partial charge in [0.05, 0.1) is 6.04 Å². The Labute approximate surface area is 126 Å². The number of hydrogen-bond acceptors (Lipinski definition) is 4. The van der Waals surface area contributed by atoms with Crippen molar-refractivity contribution in [2.75, 3.05) is 5.32 Å². The number of halogens is 1. The lowest BCUT2D eigenvalue weighted by Crippen LogP contribution is -2.12. The number of hydrogen-bond donors (Lipinski definition) is 1. The number of nitrogens with zero attached hydrogens (tertiary/aromatic N) is 2. The molecule has 0 spiro atoms. The van der Waals surface area contributed by atoms with E-state index in [1.54, 1.807) is 12.1 Å². The maximum Gasteiger partial charge on any atom is 0.203 e. The molecule has 3 rings (SSSR count). The van der Waals surface area contributed by atoms with Crippen molar-refractivity contribution < 1.29 is 4.39 Å². The zero-order valence-corrected chi connectivity index (χ0v) is 12.3. The lowest BCUT2D eigenvalue weighted by Gasteiger charge is -2.19. The highest BCUT2D eigenvalue weighted by Gasteiger charge is 2.16. The van der Waals surface area contributed by atoms with Crippen LogP contribution in [0.2, 0.25) is 0 Å². The topological polar surface area (TPSA) is 37.8 Å². The van der Waals surface area contributed by atoms with Crippen molar-refractivity contribution in [3.63, 3.8) is 0 Å². The Morgan fingerprint density at radius 3 is 2.48 bits per heavy atom. The number of aryl methyl sites for hydroxylation is 1. The first-order valence-corrected chi connectivity index (χ1v) is 7.37. The van der Waals surface area contributed by atoms with E-state index in [0.717, 1.165) is 22.1 Å². The lowest BCUT2D eigenvalue weighted by molar-refractivity contribution is 0.624. The van der Waals surface area contributed by atoms with Gasteiger partial charge < -0.3 is 5.32 Å². The molecule has 1 N–H and O–H groups in total. The predicted molar refractivity (Wildman–Crippen MR) is 83.0 cm³/mol. The molecule has 0 saturated carbocycles. The maximum absolute atomic E-state index is 13.5. The quantitative estimate of drug-likeness (QED) is 0.785. The van der Waals surface area contributed by atoms with E-state index < -0.39 is 0 Å². The molecule has 2 aromatic carbocycles. The van der Waals surface area contributed by atoms with E-state index in [2.05, 4.69) is 14.7 Å². The summed E-state index contributed by atoms with van der Waals surface area (Å²) in [6, 6.07) is 16.4. The third kappa shape index (κ3) is 3.25. The summed E-state index contributed by atoms with van der Waals surface area (Å²) in [4.78, 5) is 4.33. The summed E-state index contributed by atoms with van der Waals surface area (Å²) >= 11 is 1.31. The average molecular weight is 299 g/mol. The van der Waals surface area contributed by atoms with Crippen molar-refractivity contribution in [2.24, 2.45) is 0 Å². The van der Waals surface area contributed by atoms with Gasteiger partial charge >= 0.3 is 0 Å². The SMILES string of the molecule is Cc1nsc(NC(c2ccccc2)c2cccc(F)c2)n1. The summed E-state index contributed by atoms with van der Waals surface area (Å²) in [7, 11) is 0. The highest BCUT2D eigenvalue weighted by Crippen LogP contribution is 2.27. The Morgan fingerprint density at radius 2 is 1.81 bits per heavy atom. The summed E-state index contributed by atoms with van der Waals surface area (Å²) in [5, 5.41) is 4.07. The molecule has 0 radical (unpaired) electrons. The van der Waals surface area contributed by atoms with Crippen LogP contribution in [-0.2, 0) is 0 Å². The molecule has 0 aliphatic rings. The van der Waals surface area contributed by atoms with Crippen LogP contribution < -0.4 is 5.32 Å². The van der Waals surface area contributed by atoms with E-state index in [4.69, 9.17) is 0 Å². The Bertz CT molecular complexity index is 727. The predicted octanol–water partition coefficient (Wildman–Crippen LogP) is 4.19. The van der Waals surface area contributed by atoms with Gasteiger partial charge in [-0.3, -0.25) is 0 Å². The van der Waals surface area contributed by atoms with Gasteiger partial charge in [0.15, 0.2) is 0 Å². The van der Waals surface area contributed by atoms with E-state index in [9.17, 15) is 4.39 Å².